The summed E-state index contributed by atoms with van der Waals surface area (Å²) in [4.78, 5) is 8.44. The van der Waals surface area contributed by atoms with Gasteiger partial charge in [0.25, 0.3) is 0 Å². The van der Waals surface area contributed by atoms with Gasteiger partial charge in [0.15, 0.2) is 0 Å². The molecule has 0 spiro atoms. The predicted molar refractivity (Wildman–Crippen MR) is 88.1 cm³/mol. The second kappa shape index (κ2) is 4.85. The minimum absolute atomic E-state index is 0.114. The van der Waals surface area contributed by atoms with Crippen LogP contribution in [0.4, 0.5) is 5.82 Å². The number of fused-ring (bicyclic) bond motifs is 1. The Hall–Kier alpha value is -2.42. The van der Waals surface area contributed by atoms with E-state index < -0.39 is 0 Å². The average Bonchev–Trinajstić information content (AvgIpc) is 2.46. The van der Waals surface area contributed by atoms with Crippen molar-refractivity contribution >= 4 is 16.7 Å². The highest BCUT2D eigenvalue weighted by Crippen LogP contribution is 2.33. The first-order chi connectivity index (χ1) is 9.97. The molecular formula is C18H19N3. The van der Waals surface area contributed by atoms with Crippen molar-refractivity contribution in [3.63, 3.8) is 0 Å². The van der Waals surface area contributed by atoms with Crippen molar-refractivity contribution in [1.82, 2.24) is 9.97 Å². The van der Waals surface area contributed by atoms with Gasteiger partial charge in [0.1, 0.15) is 12.1 Å². The number of anilines is 1. The molecule has 0 bridgehead atoms. The third-order valence-corrected chi connectivity index (χ3v) is 3.73. The molecule has 0 aliphatic heterocycles. The fourth-order valence-electron chi connectivity index (χ4n) is 2.53. The van der Waals surface area contributed by atoms with E-state index in [0.29, 0.717) is 5.82 Å². The highest BCUT2D eigenvalue weighted by Gasteiger charge is 2.15. The molecule has 1 heterocycles. The van der Waals surface area contributed by atoms with Gasteiger partial charge in [-0.15, -0.1) is 0 Å². The lowest BCUT2D eigenvalue weighted by molar-refractivity contribution is 0.590. The van der Waals surface area contributed by atoms with E-state index in [2.05, 4.69) is 61.1 Å². The Kier molecular flexibility index (Phi) is 3.13. The zero-order valence-corrected chi connectivity index (χ0v) is 12.6. The van der Waals surface area contributed by atoms with Crippen LogP contribution in [0.1, 0.15) is 26.3 Å². The molecule has 3 rings (SSSR count). The summed E-state index contributed by atoms with van der Waals surface area (Å²) < 4.78 is 0. The molecule has 0 aliphatic carbocycles. The van der Waals surface area contributed by atoms with Crippen molar-refractivity contribution in [2.24, 2.45) is 0 Å². The predicted octanol–water partition coefficient (Wildman–Crippen LogP) is 4.18. The highest BCUT2D eigenvalue weighted by atomic mass is 14.9. The van der Waals surface area contributed by atoms with E-state index in [1.54, 1.807) is 0 Å². The second-order valence-electron chi connectivity index (χ2n) is 6.29. The minimum atomic E-state index is 0.114. The van der Waals surface area contributed by atoms with Crippen LogP contribution in [-0.2, 0) is 5.41 Å². The van der Waals surface area contributed by atoms with Crippen LogP contribution in [-0.4, -0.2) is 9.97 Å². The van der Waals surface area contributed by atoms with Crippen molar-refractivity contribution in [2.75, 3.05) is 5.73 Å². The topological polar surface area (TPSA) is 51.8 Å². The van der Waals surface area contributed by atoms with Gasteiger partial charge in [0.2, 0.25) is 0 Å². The van der Waals surface area contributed by atoms with Gasteiger partial charge in [0, 0.05) is 0 Å². The summed E-state index contributed by atoms with van der Waals surface area (Å²) >= 11 is 0. The molecular weight excluding hydrogens is 258 g/mol. The molecule has 21 heavy (non-hydrogen) atoms. The third-order valence-electron chi connectivity index (χ3n) is 3.73. The van der Waals surface area contributed by atoms with Gasteiger partial charge in [0.05, 0.1) is 10.9 Å². The van der Waals surface area contributed by atoms with Gasteiger partial charge >= 0.3 is 0 Å². The maximum atomic E-state index is 6.07. The standard InChI is InChI=1S/C18H19N3/c1-18(2,3)13-7-4-6-12(10-13)14-8-5-9-15-16(14)17(19)21-11-20-15/h4-11H,1-3H3,(H2,19,20,21). The van der Waals surface area contributed by atoms with Gasteiger partial charge in [-0.25, -0.2) is 9.97 Å². The van der Waals surface area contributed by atoms with Crippen molar-refractivity contribution < 1.29 is 0 Å². The van der Waals surface area contributed by atoms with Gasteiger partial charge in [-0.3, -0.25) is 0 Å². The zero-order chi connectivity index (χ0) is 15.0. The number of hydrogen-bond acceptors (Lipinski definition) is 3. The van der Waals surface area contributed by atoms with Crippen LogP contribution in [0, 0.1) is 0 Å². The van der Waals surface area contributed by atoms with E-state index >= 15 is 0 Å². The molecule has 2 N–H and O–H groups in total. The van der Waals surface area contributed by atoms with Gasteiger partial charge < -0.3 is 5.73 Å². The second-order valence-corrected chi connectivity index (χ2v) is 6.29. The molecule has 0 saturated carbocycles. The Morgan fingerprint density at radius 1 is 0.952 bits per heavy atom. The summed E-state index contributed by atoms with van der Waals surface area (Å²) in [6, 6.07) is 14.6. The van der Waals surface area contributed by atoms with E-state index in [1.807, 2.05) is 12.1 Å². The number of nitrogens with zero attached hydrogens (tertiary/aromatic N) is 2. The summed E-state index contributed by atoms with van der Waals surface area (Å²) in [5, 5.41) is 0.922. The van der Waals surface area contributed by atoms with E-state index in [4.69, 9.17) is 5.73 Å². The molecule has 0 unspecified atom stereocenters. The van der Waals surface area contributed by atoms with Gasteiger partial charge in [-0.2, -0.15) is 0 Å². The number of aromatic nitrogens is 2. The Balaban J connectivity index is 2.26. The molecule has 0 fully saturated rings. The normalized spacial score (nSPS) is 11.8. The molecule has 0 atom stereocenters. The van der Waals surface area contributed by atoms with Crippen molar-refractivity contribution in [1.29, 1.82) is 0 Å². The van der Waals surface area contributed by atoms with Crippen LogP contribution in [0.2, 0.25) is 0 Å². The Morgan fingerprint density at radius 3 is 2.48 bits per heavy atom. The van der Waals surface area contributed by atoms with Crippen LogP contribution in [0.3, 0.4) is 0 Å². The molecule has 3 aromatic rings. The first-order valence-corrected chi connectivity index (χ1v) is 7.07. The first-order valence-electron chi connectivity index (χ1n) is 7.07. The van der Waals surface area contributed by atoms with E-state index in [1.165, 1.54) is 11.9 Å². The van der Waals surface area contributed by atoms with Crippen LogP contribution >= 0.6 is 0 Å². The minimum Gasteiger partial charge on any atom is -0.383 e. The molecule has 0 aliphatic rings. The Bertz CT molecular complexity index is 796. The van der Waals surface area contributed by atoms with Crippen LogP contribution in [0.5, 0.6) is 0 Å². The zero-order valence-electron chi connectivity index (χ0n) is 12.6. The van der Waals surface area contributed by atoms with Crippen LogP contribution in [0.25, 0.3) is 22.0 Å². The molecule has 106 valence electrons. The van der Waals surface area contributed by atoms with Crippen molar-refractivity contribution in [3.05, 3.63) is 54.4 Å². The fraction of sp³-hybridized carbons (Fsp3) is 0.222. The SMILES string of the molecule is CC(C)(C)c1cccc(-c2cccc3ncnc(N)c23)c1. The monoisotopic (exact) mass is 277 g/mol. The number of hydrogen-bond donors (Lipinski definition) is 1. The fourth-order valence-corrected chi connectivity index (χ4v) is 2.53. The summed E-state index contributed by atoms with van der Waals surface area (Å²) in [5.41, 5.74) is 10.6. The third kappa shape index (κ3) is 2.47. The molecule has 2 aromatic carbocycles. The molecule has 3 heteroatoms. The smallest absolute Gasteiger partial charge is 0.135 e. The summed E-state index contributed by atoms with van der Waals surface area (Å²) in [6.45, 7) is 6.64. The van der Waals surface area contributed by atoms with E-state index in [-0.39, 0.29) is 5.41 Å². The molecule has 0 saturated heterocycles. The number of nitrogen functional groups attached to an aromatic ring is 1. The largest absolute Gasteiger partial charge is 0.383 e. The average molecular weight is 277 g/mol. The maximum absolute atomic E-state index is 6.07. The van der Waals surface area contributed by atoms with E-state index in [0.717, 1.165) is 22.0 Å². The Morgan fingerprint density at radius 2 is 1.71 bits per heavy atom. The molecule has 0 radical (unpaired) electrons. The lowest BCUT2D eigenvalue weighted by Crippen LogP contribution is -2.10. The number of nitrogens with two attached hydrogens (primary N) is 1. The summed E-state index contributed by atoms with van der Waals surface area (Å²) in [6.07, 6.45) is 1.51. The van der Waals surface area contributed by atoms with Crippen LogP contribution < -0.4 is 5.73 Å². The van der Waals surface area contributed by atoms with Crippen LogP contribution in [0.15, 0.2) is 48.8 Å². The summed E-state index contributed by atoms with van der Waals surface area (Å²) in [5.74, 6) is 0.525. The maximum Gasteiger partial charge on any atom is 0.135 e. The lowest BCUT2D eigenvalue weighted by Gasteiger charge is -2.20. The van der Waals surface area contributed by atoms with E-state index in [9.17, 15) is 0 Å². The quantitative estimate of drug-likeness (QED) is 0.726. The highest BCUT2D eigenvalue weighted by molar-refractivity contribution is 6.00. The first kappa shape index (κ1) is 13.6. The van der Waals surface area contributed by atoms with Crippen molar-refractivity contribution in [2.45, 2.75) is 26.2 Å². The number of benzene rings is 2. The molecule has 1 aromatic heterocycles. The summed E-state index contributed by atoms with van der Waals surface area (Å²) in [7, 11) is 0. The van der Waals surface area contributed by atoms with Gasteiger partial charge in [-0.05, 0) is 28.2 Å². The molecule has 3 nitrogen and oxygen atoms in total. The Labute approximate surface area is 124 Å². The van der Waals surface area contributed by atoms with Gasteiger partial charge in [-0.1, -0.05) is 57.2 Å². The number of rotatable bonds is 1. The molecule has 0 amide bonds. The lowest BCUT2D eigenvalue weighted by atomic mass is 9.85. The van der Waals surface area contributed by atoms with Crippen molar-refractivity contribution in [3.8, 4) is 11.1 Å².